The van der Waals surface area contributed by atoms with Crippen LogP contribution < -0.4 is 10.5 Å². The summed E-state index contributed by atoms with van der Waals surface area (Å²) >= 11 is 9.03. The normalized spacial score (nSPS) is 11.6. The van der Waals surface area contributed by atoms with Crippen LogP contribution >= 0.6 is 27.5 Å². The lowest BCUT2D eigenvalue weighted by molar-refractivity contribution is 0.558. The number of rotatable bonds is 4. The molecule has 0 fully saturated rings. The monoisotopic (exact) mass is 392 g/mol. The van der Waals surface area contributed by atoms with Crippen LogP contribution in [0.5, 0.6) is 0 Å². The summed E-state index contributed by atoms with van der Waals surface area (Å²) in [5.74, 6) is -1.01. The van der Waals surface area contributed by atoms with Crippen LogP contribution in [0.1, 0.15) is 5.56 Å². The molecule has 2 aromatic rings. The molecule has 2 rings (SSSR count). The summed E-state index contributed by atoms with van der Waals surface area (Å²) in [6.45, 7) is 0.00954. The Balaban J connectivity index is 2.30. The van der Waals surface area contributed by atoms with Crippen LogP contribution in [0, 0.1) is 5.82 Å². The predicted molar refractivity (Wildman–Crippen MR) is 84.0 cm³/mol. The lowest BCUT2D eigenvalue weighted by Crippen LogP contribution is -2.24. The van der Waals surface area contributed by atoms with E-state index >= 15 is 0 Å². The number of benzene rings is 2. The van der Waals surface area contributed by atoms with Gasteiger partial charge in [-0.05, 0) is 23.8 Å². The second-order valence-corrected chi connectivity index (χ2v) is 7.25. The number of nitrogen functional groups attached to an aromatic ring is 1. The molecule has 0 atom stereocenters. The van der Waals surface area contributed by atoms with Gasteiger partial charge in [0.2, 0.25) is 10.0 Å². The Morgan fingerprint density at radius 1 is 1.29 bits per heavy atom. The van der Waals surface area contributed by atoms with Crippen LogP contribution in [-0.4, -0.2) is 8.42 Å². The minimum absolute atomic E-state index is 0.00954. The predicted octanol–water partition coefficient (Wildman–Crippen LogP) is 3.30. The van der Waals surface area contributed by atoms with Crippen molar-refractivity contribution >= 4 is 43.2 Å². The van der Waals surface area contributed by atoms with Crippen molar-refractivity contribution in [3.8, 4) is 0 Å². The van der Waals surface area contributed by atoms with E-state index in [9.17, 15) is 12.8 Å². The molecular weight excluding hydrogens is 383 g/mol. The zero-order valence-electron chi connectivity index (χ0n) is 10.6. The van der Waals surface area contributed by atoms with Gasteiger partial charge in [0.15, 0.2) is 5.82 Å². The van der Waals surface area contributed by atoms with Gasteiger partial charge in [-0.25, -0.2) is 17.5 Å². The first-order chi connectivity index (χ1) is 9.81. The Bertz CT molecular complexity index is 784. The van der Waals surface area contributed by atoms with E-state index in [0.29, 0.717) is 0 Å². The molecule has 0 heterocycles. The zero-order chi connectivity index (χ0) is 15.6. The number of hydrogen-bond donors (Lipinski definition) is 2. The highest BCUT2D eigenvalue weighted by atomic mass is 79.9. The van der Waals surface area contributed by atoms with Crippen molar-refractivity contribution in [2.24, 2.45) is 0 Å². The van der Waals surface area contributed by atoms with Gasteiger partial charge in [-0.3, -0.25) is 0 Å². The molecule has 0 saturated heterocycles. The van der Waals surface area contributed by atoms with Gasteiger partial charge in [0.1, 0.15) is 4.90 Å². The quantitative estimate of drug-likeness (QED) is 0.783. The number of anilines is 1. The summed E-state index contributed by atoms with van der Waals surface area (Å²) in [6, 6.07) is 9.28. The van der Waals surface area contributed by atoms with Crippen LogP contribution in [0.15, 0.2) is 45.8 Å². The standard InChI is InChI=1S/C13H11BrClFN2O2S/c14-10-4-2-1-3-8(10)7-18-21(19,20)12-6-9(15)5-11(17)13(12)16/h1-6,18H,7,17H2. The van der Waals surface area contributed by atoms with Crippen molar-refractivity contribution in [2.45, 2.75) is 11.4 Å². The summed E-state index contributed by atoms with van der Waals surface area (Å²) < 4.78 is 41.3. The van der Waals surface area contributed by atoms with Gasteiger partial charge < -0.3 is 5.73 Å². The molecule has 0 spiro atoms. The van der Waals surface area contributed by atoms with Gasteiger partial charge in [0, 0.05) is 16.0 Å². The zero-order valence-corrected chi connectivity index (χ0v) is 13.8. The molecule has 3 N–H and O–H groups in total. The molecular formula is C13H11BrClFN2O2S. The highest BCUT2D eigenvalue weighted by molar-refractivity contribution is 9.10. The molecule has 0 bridgehead atoms. The van der Waals surface area contributed by atoms with E-state index in [-0.39, 0.29) is 17.3 Å². The second kappa shape index (κ2) is 6.31. The molecule has 8 heteroatoms. The van der Waals surface area contributed by atoms with Crippen LogP contribution in [0.25, 0.3) is 0 Å². The second-order valence-electron chi connectivity index (χ2n) is 4.22. The molecule has 0 aliphatic carbocycles. The summed E-state index contributed by atoms with van der Waals surface area (Å²) in [7, 11) is -4.06. The first-order valence-corrected chi connectivity index (χ1v) is 8.44. The Kier molecular flexibility index (Phi) is 4.88. The van der Waals surface area contributed by atoms with Crippen molar-refractivity contribution < 1.29 is 12.8 Å². The first kappa shape index (κ1) is 16.2. The van der Waals surface area contributed by atoms with E-state index in [1.54, 1.807) is 24.3 Å². The molecule has 0 amide bonds. The van der Waals surface area contributed by atoms with Gasteiger partial charge >= 0.3 is 0 Å². The molecule has 112 valence electrons. The van der Waals surface area contributed by atoms with Gasteiger partial charge in [-0.15, -0.1) is 0 Å². The molecule has 0 radical (unpaired) electrons. The fraction of sp³-hybridized carbons (Fsp3) is 0.0769. The number of halogens is 3. The van der Waals surface area contributed by atoms with Gasteiger partial charge in [-0.1, -0.05) is 45.7 Å². The van der Waals surface area contributed by atoms with E-state index in [2.05, 4.69) is 20.7 Å². The highest BCUT2D eigenvalue weighted by Crippen LogP contribution is 2.25. The highest BCUT2D eigenvalue weighted by Gasteiger charge is 2.21. The number of nitrogens with one attached hydrogen (secondary N) is 1. The maximum absolute atomic E-state index is 13.9. The summed E-state index contributed by atoms with van der Waals surface area (Å²) in [4.78, 5) is -0.570. The molecule has 4 nitrogen and oxygen atoms in total. The summed E-state index contributed by atoms with van der Waals surface area (Å²) in [6.07, 6.45) is 0. The third-order valence-corrected chi connectivity index (χ3v) is 5.12. The van der Waals surface area contributed by atoms with E-state index in [1.165, 1.54) is 0 Å². The SMILES string of the molecule is Nc1cc(Cl)cc(S(=O)(=O)NCc2ccccc2Br)c1F. The Morgan fingerprint density at radius 3 is 2.62 bits per heavy atom. The lowest BCUT2D eigenvalue weighted by atomic mass is 10.2. The summed E-state index contributed by atoms with van der Waals surface area (Å²) in [5.41, 5.74) is 5.79. The first-order valence-electron chi connectivity index (χ1n) is 5.79. The average molecular weight is 394 g/mol. The van der Waals surface area contributed by atoms with E-state index in [1.807, 2.05) is 0 Å². The molecule has 0 aliphatic heterocycles. The molecule has 0 saturated carbocycles. The largest absolute Gasteiger partial charge is 0.396 e. The minimum Gasteiger partial charge on any atom is -0.396 e. The van der Waals surface area contributed by atoms with Crippen LogP contribution in [-0.2, 0) is 16.6 Å². The molecule has 0 unspecified atom stereocenters. The maximum atomic E-state index is 13.9. The van der Waals surface area contributed by atoms with Gasteiger partial charge in [-0.2, -0.15) is 0 Å². The number of nitrogens with two attached hydrogens (primary N) is 1. The van der Waals surface area contributed by atoms with Crippen LogP contribution in [0.2, 0.25) is 5.02 Å². The van der Waals surface area contributed by atoms with Crippen molar-refractivity contribution in [1.29, 1.82) is 0 Å². The topological polar surface area (TPSA) is 72.2 Å². The smallest absolute Gasteiger partial charge is 0.243 e. The maximum Gasteiger partial charge on any atom is 0.243 e. The lowest BCUT2D eigenvalue weighted by Gasteiger charge is -2.10. The summed E-state index contributed by atoms with van der Waals surface area (Å²) in [5, 5.41) is 0.0511. The fourth-order valence-corrected chi connectivity index (χ4v) is 3.53. The fourth-order valence-electron chi connectivity index (χ4n) is 1.67. The minimum atomic E-state index is -4.06. The Morgan fingerprint density at radius 2 is 1.95 bits per heavy atom. The van der Waals surface area contributed by atoms with Gasteiger partial charge in [0.05, 0.1) is 5.69 Å². The molecule has 0 aliphatic rings. The Hall–Kier alpha value is -1.15. The van der Waals surface area contributed by atoms with Crippen molar-refractivity contribution in [1.82, 2.24) is 4.72 Å². The van der Waals surface area contributed by atoms with Crippen molar-refractivity contribution in [3.63, 3.8) is 0 Å². The van der Waals surface area contributed by atoms with Crippen LogP contribution in [0.4, 0.5) is 10.1 Å². The third-order valence-electron chi connectivity index (χ3n) is 2.73. The van der Waals surface area contributed by atoms with Crippen LogP contribution in [0.3, 0.4) is 0 Å². The third kappa shape index (κ3) is 3.74. The molecule has 2 aromatic carbocycles. The van der Waals surface area contributed by atoms with E-state index in [4.69, 9.17) is 17.3 Å². The van der Waals surface area contributed by atoms with Crippen molar-refractivity contribution in [3.05, 3.63) is 57.3 Å². The van der Waals surface area contributed by atoms with E-state index < -0.39 is 20.7 Å². The average Bonchev–Trinajstić information content (AvgIpc) is 2.42. The molecule has 21 heavy (non-hydrogen) atoms. The van der Waals surface area contributed by atoms with Crippen molar-refractivity contribution in [2.75, 3.05) is 5.73 Å². The Labute approximate surface area is 135 Å². The molecule has 0 aromatic heterocycles. The number of sulfonamides is 1. The number of hydrogen-bond acceptors (Lipinski definition) is 3. The van der Waals surface area contributed by atoms with E-state index in [0.717, 1.165) is 22.2 Å². The van der Waals surface area contributed by atoms with Gasteiger partial charge in [0.25, 0.3) is 0 Å².